The summed E-state index contributed by atoms with van der Waals surface area (Å²) in [5.41, 5.74) is 3.60. The minimum Gasteiger partial charge on any atom is -0.478 e. The zero-order chi connectivity index (χ0) is 24.7. The van der Waals surface area contributed by atoms with Crippen LogP contribution in [0.25, 0.3) is 10.9 Å². The maximum atomic E-state index is 13.0. The Balaban J connectivity index is 0.000000350. The van der Waals surface area contributed by atoms with Crippen molar-refractivity contribution < 1.29 is 29.0 Å². The molecule has 0 atom stereocenters. The van der Waals surface area contributed by atoms with Gasteiger partial charge in [0.25, 0.3) is 5.91 Å². The van der Waals surface area contributed by atoms with Crippen molar-refractivity contribution in [1.29, 1.82) is 0 Å². The van der Waals surface area contributed by atoms with Crippen LogP contribution in [0.15, 0.2) is 60.8 Å². The number of nitrogens with zero attached hydrogens (tertiary/aromatic N) is 1. The van der Waals surface area contributed by atoms with E-state index in [4.69, 9.17) is 10.2 Å². The van der Waals surface area contributed by atoms with E-state index in [9.17, 15) is 18.8 Å². The molecule has 0 saturated carbocycles. The summed E-state index contributed by atoms with van der Waals surface area (Å²) in [4.78, 5) is 37.2. The highest BCUT2D eigenvalue weighted by Gasteiger charge is 2.21. The van der Waals surface area contributed by atoms with Crippen molar-refractivity contribution >= 4 is 34.4 Å². The SMILES string of the molecule is CN1CCC(c2c[nH]c3ccc(NC(=O)c4ccc(F)cc4)cc23)CC1.O=C(O)/C=C/C(=O)O. The zero-order valence-corrected chi connectivity index (χ0v) is 18.6. The van der Waals surface area contributed by atoms with Crippen LogP contribution in [0.5, 0.6) is 0 Å². The molecule has 0 unspecified atom stereocenters. The van der Waals surface area contributed by atoms with Crippen molar-refractivity contribution in [1.82, 2.24) is 9.88 Å². The van der Waals surface area contributed by atoms with Crippen LogP contribution in [0.1, 0.15) is 34.7 Å². The average Bonchev–Trinajstić information content (AvgIpc) is 3.22. The summed E-state index contributed by atoms with van der Waals surface area (Å²) in [5, 5.41) is 19.7. The number of carbonyl (C=O) groups excluding carboxylic acids is 1. The lowest BCUT2D eigenvalue weighted by molar-refractivity contribution is -0.134. The number of benzene rings is 2. The van der Waals surface area contributed by atoms with E-state index in [0.29, 0.717) is 23.6 Å². The Labute approximate surface area is 195 Å². The van der Waals surface area contributed by atoms with E-state index in [1.54, 1.807) is 0 Å². The Bertz CT molecular complexity index is 1180. The van der Waals surface area contributed by atoms with E-state index in [2.05, 4.69) is 28.4 Å². The molecule has 9 heteroatoms. The number of H-pyrrole nitrogens is 1. The van der Waals surface area contributed by atoms with E-state index >= 15 is 0 Å². The van der Waals surface area contributed by atoms with Gasteiger partial charge in [-0.1, -0.05) is 0 Å². The molecule has 1 fully saturated rings. The lowest BCUT2D eigenvalue weighted by Gasteiger charge is -2.28. The summed E-state index contributed by atoms with van der Waals surface area (Å²) in [5.74, 6) is -2.55. The molecule has 1 aliphatic rings. The highest BCUT2D eigenvalue weighted by molar-refractivity contribution is 6.05. The number of fused-ring (bicyclic) bond motifs is 1. The highest BCUT2D eigenvalue weighted by Crippen LogP contribution is 2.34. The number of aromatic nitrogens is 1. The number of anilines is 1. The second-order valence-corrected chi connectivity index (χ2v) is 8.05. The molecule has 1 amide bonds. The number of likely N-dealkylation sites (tertiary alicyclic amines) is 1. The molecule has 1 saturated heterocycles. The maximum absolute atomic E-state index is 13.0. The molecule has 3 aromatic rings. The average molecular weight is 467 g/mol. The van der Waals surface area contributed by atoms with Gasteiger partial charge in [-0.2, -0.15) is 0 Å². The molecule has 0 aliphatic carbocycles. The van der Waals surface area contributed by atoms with Crippen LogP contribution >= 0.6 is 0 Å². The summed E-state index contributed by atoms with van der Waals surface area (Å²) in [6.45, 7) is 2.22. The van der Waals surface area contributed by atoms with Crippen molar-refractivity contribution in [2.24, 2.45) is 0 Å². The number of carboxylic acid groups (broad SMARTS) is 2. The summed E-state index contributed by atoms with van der Waals surface area (Å²) >= 11 is 0. The molecule has 34 heavy (non-hydrogen) atoms. The van der Waals surface area contributed by atoms with Crippen LogP contribution < -0.4 is 5.32 Å². The first-order valence-corrected chi connectivity index (χ1v) is 10.7. The van der Waals surface area contributed by atoms with Crippen LogP contribution in [-0.4, -0.2) is 58.1 Å². The van der Waals surface area contributed by atoms with Gasteiger partial charge in [0.15, 0.2) is 0 Å². The number of rotatable bonds is 5. The van der Waals surface area contributed by atoms with E-state index in [1.807, 2.05) is 18.2 Å². The van der Waals surface area contributed by atoms with Gasteiger partial charge in [-0.15, -0.1) is 0 Å². The Kier molecular flexibility index (Phi) is 8.15. The van der Waals surface area contributed by atoms with E-state index in [0.717, 1.165) is 42.5 Å². The van der Waals surface area contributed by atoms with Crippen LogP contribution in [0, 0.1) is 5.82 Å². The zero-order valence-electron chi connectivity index (χ0n) is 18.6. The Morgan fingerprint density at radius 3 is 2.24 bits per heavy atom. The molecule has 2 aromatic carbocycles. The number of hydrogen-bond acceptors (Lipinski definition) is 4. The van der Waals surface area contributed by atoms with Gasteiger partial charge < -0.3 is 25.4 Å². The second-order valence-electron chi connectivity index (χ2n) is 8.05. The van der Waals surface area contributed by atoms with Crippen molar-refractivity contribution in [2.45, 2.75) is 18.8 Å². The van der Waals surface area contributed by atoms with Gasteiger partial charge in [-0.3, -0.25) is 4.79 Å². The number of aromatic amines is 1. The maximum Gasteiger partial charge on any atom is 0.328 e. The largest absolute Gasteiger partial charge is 0.478 e. The number of carboxylic acids is 2. The highest BCUT2D eigenvalue weighted by atomic mass is 19.1. The predicted molar refractivity (Wildman–Crippen MR) is 127 cm³/mol. The summed E-state index contributed by atoms with van der Waals surface area (Å²) in [6.07, 6.45) is 5.52. The lowest BCUT2D eigenvalue weighted by Crippen LogP contribution is -2.29. The van der Waals surface area contributed by atoms with E-state index in [1.165, 1.54) is 29.8 Å². The number of amides is 1. The lowest BCUT2D eigenvalue weighted by atomic mass is 9.89. The van der Waals surface area contributed by atoms with Crippen LogP contribution in [0.2, 0.25) is 0 Å². The first-order valence-electron chi connectivity index (χ1n) is 10.7. The third-order valence-electron chi connectivity index (χ3n) is 5.60. The molecule has 8 nitrogen and oxygen atoms in total. The van der Waals surface area contributed by atoms with Gasteiger partial charge in [0, 0.05) is 40.5 Å². The van der Waals surface area contributed by atoms with Gasteiger partial charge in [0.2, 0.25) is 0 Å². The van der Waals surface area contributed by atoms with Crippen LogP contribution in [0.3, 0.4) is 0 Å². The van der Waals surface area contributed by atoms with Crippen molar-refractivity contribution in [3.05, 3.63) is 77.8 Å². The van der Waals surface area contributed by atoms with Gasteiger partial charge in [0.1, 0.15) is 5.82 Å². The smallest absolute Gasteiger partial charge is 0.328 e. The molecule has 0 bridgehead atoms. The molecule has 2 heterocycles. The normalized spacial score (nSPS) is 14.5. The van der Waals surface area contributed by atoms with Crippen LogP contribution in [-0.2, 0) is 9.59 Å². The first kappa shape index (κ1) is 24.7. The molecular formula is C25H26FN3O5. The number of aliphatic carboxylic acids is 2. The van der Waals surface area contributed by atoms with Crippen molar-refractivity contribution in [3.63, 3.8) is 0 Å². The first-order chi connectivity index (χ1) is 16.2. The molecule has 0 radical (unpaired) electrons. The number of halogens is 1. The third-order valence-corrected chi connectivity index (χ3v) is 5.60. The fraction of sp³-hybridized carbons (Fsp3) is 0.240. The second kappa shape index (κ2) is 11.2. The van der Waals surface area contributed by atoms with Gasteiger partial charge in [-0.25, -0.2) is 14.0 Å². The Morgan fingerprint density at radius 2 is 1.65 bits per heavy atom. The molecule has 1 aromatic heterocycles. The third kappa shape index (κ3) is 6.76. The topological polar surface area (TPSA) is 123 Å². The van der Waals surface area contributed by atoms with E-state index < -0.39 is 11.9 Å². The van der Waals surface area contributed by atoms with Crippen molar-refractivity contribution in [3.8, 4) is 0 Å². The summed E-state index contributed by atoms with van der Waals surface area (Å²) in [6, 6.07) is 11.5. The Morgan fingerprint density at radius 1 is 1.03 bits per heavy atom. The number of piperidine rings is 1. The van der Waals surface area contributed by atoms with Crippen molar-refractivity contribution in [2.75, 3.05) is 25.5 Å². The molecule has 0 spiro atoms. The molecule has 4 rings (SSSR count). The summed E-state index contributed by atoms with van der Waals surface area (Å²) < 4.78 is 13.0. The number of nitrogens with one attached hydrogen (secondary N) is 2. The summed E-state index contributed by atoms with van der Waals surface area (Å²) in [7, 11) is 2.16. The minimum atomic E-state index is -1.26. The minimum absolute atomic E-state index is 0.235. The Hall–Kier alpha value is -3.98. The molecule has 178 valence electrons. The molecule has 1 aliphatic heterocycles. The standard InChI is InChI=1S/C21H22FN3O.C4H4O4/c1-25-10-8-14(9-11-25)19-13-23-20-7-6-17(12-18(19)20)24-21(26)15-2-4-16(22)5-3-15;5-3(6)1-2-4(7)8/h2-7,12-14,23H,8-11H2,1H3,(H,24,26);1-2H,(H,5,6)(H,7,8)/b;2-1+. The molecule has 4 N–H and O–H groups in total. The van der Waals surface area contributed by atoms with Crippen LogP contribution in [0.4, 0.5) is 10.1 Å². The quantitative estimate of drug-likeness (QED) is 0.420. The van der Waals surface area contributed by atoms with E-state index in [-0.39, 0.29) is 11.7 Å². The monoisotopic (exact) mass is 467 g/mol. The van der Waals surface area contributed by atoms with Gasteiger partial charge in [-0.05, 0) is 86.9 Å². The molecular weight excluding hydrogens is 441 g/mol. The van der Waals surface area contributed by atoms with Gasteiger partial charge >= 0.3 is 11.9 Å². The number of carbonyl (C=O) groups is 3. The number of hydrogen-bond donors (Lipinski definition) is 4. The van der Waals surface area contributed by atoms with Gasteiger partial charge in [0.05, 0.1) is 0 Å². The predicted octanol–water partition coefficient (Wildman–Crippen LogP) is 4.08. The fourth-order valence-electron chi connectivity index (χ4n) is 3.82. The fourth-order valence-corrected chi connectivity index (χ4v) is 3.82.